The van der Waals surface area contributed by atoms with E-state index in [1.165, 1.54) is 24.3 Å². The first kappa shape index (κ1) is 20.2. The molecule has 2 amide bonds. The normalized spacial score (nSPS) is 16.0. The maximum absolute atomic E-state index is 13.0. The highest BCUT2D eigenvalue weighted by Gasteiger charge is 2.34. The van der Waals surface area contributed by atoms with Gasteiger partial charge in [0.25, 0.3) is 5.91 Å². The third kappa shape index (κ3) is 4.09. The predicted molar refractivity (Wildman–Crippen MR) is 119 cm³/mol. The van der Waals surface area contributed by atoms with Gasteiger partial charge in [0.15, 0.2) is 0 Å². The van der Waals surface area contributed by atoms with Crippen LogP contribution in [0.1, 0.15) is 32.4 Å². The summed E-state index contributed by atoms with van der Waals surface area (Å²) in [6.07, 6.45) is 0. The molecule has 152 valence electrons. The summed E-state index contributed by atoms with van der Waals surface area (Å²) < 4.78 is 13.0. The number of nitrogens with zero attached hydrogens (tertiary/aromatic N) is 1. The van der Waals surface area contributed by atoms with E-state index in [4.69, 9.17) is 0 Å². The number of nitrogens with one attached hydrogen (secondary N) is 1. The number of amides is 2. The lowest BCUT2D eigenvalue weighted by Crippen LogP contribution is -2.28. The van der Waals surface area contributed by atoms with Gasteiger partial charge in [0.05, 0.1) is 5.75 Å². The number of rotatable bonds is 4. The molecule has 0 spiro atoms. The van der Waals surface area contributed by atoms with E-state index in [2.05, 4.69) is 5.32 Å². The van der Waals surface area contributed by atoms with Crippen molar-refractivity contribution >= 4 is 35.0 Å². The Bertz CT molecular complexity index is 1100. The molecule has 1 heterocycles. The fourth-order valence-corrected chi connectivity index (χ4v) is 4.61. The van der Waals surface area contributed by atoms with Crippen molar-refractivity contribution in [2.24, 2.45) is 0 Å². The van der Waals surface area contributed by atoms with Gasteiger partial charge in [-0.25, -0.2) is 4.39 Å². The minimum Gasteiger partial charge on any atom is -0.322 e. The number of carbonyl (C=O) groups is 2. The SMILES string of the molecule is Cc1ccc(C)c(N2C(=O)CSC2c2ccc(NC(=O)c3ccc(F)cc3)cc2)c1. The topological polar surface area (TPSA) is 49.4 Å². The molecule has 1 saturated heterocycles. The van der Waals surface area contributed by atoms with Crippen LogP contribution in [0.4, 0.5) is 15.8 Å². The Labute approximate surface area is 179 Å². The first-order valence-corrected chi connectivity index (χ1v) is 10.6. The van der Waals surface area contributed by atoms with Crippen LogP contribution in [0.5, 0.6) is 0 Å². The molecular weight excluding hydrogens is 399 g/mol. The summed E-state index contributed by atoms with van der Waals surface area (Å²) in [6.45, 7) is 4.03. The molecule has 1 aliphatic heterocycles. The second-order valence-electron chi connectivity index (χ2n) is 7.30. The molecule has 6 heteroatoms. The van der Waals surface area contributed by atoms with Crippen molar-refractivity contribution in [2.45, 2.75) is 19.2 Å². The highest BCUT2D eigenvalue weighted by Crippen LogP contribution is 2.43. The summed E-state index contributed by atoms with van der Waals surface area (Å²) in [5.41, 5.74) is 5.12. The Kier molecular flexibility index (Phi) is 5.59. The maximum Gasteiger partial charge on any atom is 0.255 e. The fraction of sp³-hybridized carbons (Fsp3) is 0.167. The molecule has 0 radical (unpaired) electrons. The molecule has 0 aliphatic carbocycles. The second kappa shape index (κ2) is 8.32. The summed E-state index contributed by atoms with van der Waals surface area (Å²) >= 11 is 1.59. The molecule has 4 nitrogen and oxygen atoms in total. The van der Waals surface area contributed by atoms with Crippen LogP contribution in [0.25, 0.3) is 0 Å². The van der Waals surface area contributed by atoms with Crippen molar-refractivity contribution < 1.29 is 14.0 Å². The smallest absolute Gasteiger partial charge is 0.255 e. The van der Waals surface area contributed by atoms with Crippen molar-refractivity contribution in [2.75, 3.05) is 16.0 Å². The summed E-state index contributed by atoms with van der Waals surface area (Å²) in [7, 11) is 0. The molecular formula is C24H21FN2O2S. The van der Waals surface area contributed by atoms with Gasteiger partial charge in [0.2, 0.25) is 5.91 Å². The summed E-state index contributed by atoms with van der Waals surface area (Å²) in [5, 5.41) is 2.70. The number of hydrogen-bond acceptors (Lipinski definition) is 3. The van der Waals surface area contributed by atoms with E-state index < -0.39 is 0 Å². The van der Waals surface area contributed by atoms with E-state index in [0.717, 1.165) is 22.4 Å². The highest BCUT2D eigenvalue weighted by atomic mass is 32.2. The molecule has 1 atom stereocenters. The van der Waals surface area contributed by atoms with E-state index in [1.54, 1.807) is 11.8 Å². The van der Waals surface area contributed by atoms with Crippen molar-refractivity contribution in [1.82, 2.24) is 0 Å². The Balaban J connectivity index is 1.54. The van der Waals surface area contributed by atoms with E-state index >= 15 is 0 Å². The van der Waals surface area contributed by atoms with Gasteiger partial charge in [-0.2, -0.15) is 0 Å². The molecule has 4 rings (SSSR count). The predicted octanol–water partition coefficient (Wildman–Crippen LogP) is 5.47. The van der Waals surface area contributed by atoms with E-state index in [9.17, 15) is 14.0 Å². The molecule has 30 heavy (non-hydrogen) atoms. The van der Waals surface area contributed by atoms with Crippen molar-refractivity contribution in [3.63, 3.8) is 0 Å². The largest absolute Gasteiger partial charge is 0.322 e. The van der Waals surface area contributed by atoms with Gasteiger partial charge in [0, 0.05) is 16.9 Å². The Morgan fingerprint density at radius 3 is 2.43 bits per heavy atom. The van der Waals surface area contributed by atoms with Crippen molar-refractivity contribution in [3.05, 3.63) is 94.8 Å². The zero-order valence-corrected chi connectivity index (χ0v) is 17.5. The number of thioether (sulfide) groups is 1. The Morgan fingerprint density at radius 2 is 1.73 bits per heavy atom. The second-order valence-corrected chi connectivity index (χ2v) is 8.37. The van der Waals surface area contributed by atoms with Gasteiger partial charge in [-0.15, -0.1) is 11.8 Å². The molecule has 1 N–H and O–H groups in total. The summed E-state index contributed by atoms with van der Waals surface area (Å²) in [6, 6.07) is 19.0. The van der Waals surface area contributed by atoms with Crippen LogP contribution in [0.15, 0.2) is 66.7 Å². The minimum atomic E-state index is -0.382. The van der Waals surface area contributed by atoms with Gasteiger partial charge in [-0.3, -0.25) is 14.5 Å². The number of halogens is 1. The fourth-order valence-electron chi connectivity index (χ4n) is 3.45. The zero-order valence-electron chi connectivity index (χ0n) is 16.7. The first-order chi connectivity index (χ1) is 14.4. The van der Waals surface area contributed by atoms with Crippen LogP contribution in [0.3, 0.4) is 0 Å². The average Bonchev–Trinajstić information content (AvgIpc) is 3.12. The quantitative estimate of drug-likeness (QED) is 0.609. The third-order valence-corrected chi connectivity index (χ3v) is 6.26. The molecule has 0 saturated carbocycles. The number of anilines is 2. The van der Waals surface area contributed by atoms with Gasteiger partial charge >= 0.3 is 0 Å². The number of aryl methyl sites for hydroxylation is 2. The van der Waals surface area contributed by atoms with Gasteiger partial charge in [-0.1, -0.05) is 24.3 Å². The number of hydrogen-bond donors (Lipinski definition) is 1. The van der Waals surface area contributed by atoms with Crippen molar-refractivity contribution in [1.29, 1.82) is 0 Å². The molecule has 1 unspecified atom stereocenters. The van der Waals surface area contributed by atoms with E-state index in [1.807, 2.05) is 61.2 Å². The van der Waals surface area contributed by atoms with Crippen LogP contribution in [-0.4, -0.2) is 17.6 Å². The zero-order chi connectivity index (χ0) is 21.3. The van der Waals surface area contributed by atoms with Crippen molar-refractivity contribution in [3.8, 4) is 0 Å². The standard InChI is InChI=1S/C24H21FN2O2S/c1-15-3-4-16(2)21(13-15)27-22(28)14-30-24(27)18-7-11-20(12-8-18)26-23(29)17-5-9-19(25)10-6-17/h3-13,24H,14H2,1-2H3,(H,26,29). The lowest BCUT2D eigenvalue weighted by atomic mass is 10.1. The molecule has 0 bridgehead atoms. The van der Waals surface area contributed by atoms with E-state index in [-0.39, 0.29) is 23.0 Å². The van der Waals surface area contributed by atoms with Crippen LogP contribution >= 0.6 is 11.8 Å². The molecule has 3 aromatic carbocycles. The highest BCUT2D eigenvalue weighted by molar-refractivity contribution is 8.00. The van der Waals surface area contributed by atoms with E-state index in [0.29, 0.717) is 17.0 Å². The first-order valence-electron chi connectivity index (χ1n) is 9.60. The number of benzene rings is 3. The Hall–Kier alpha value is -3.12. The van der Waals surface area contributed by atoms with Crippen LogP contribution in [-0.2, 0) is 4.79 Å². The maximum atomic E-state index is 13.0. The molecule has 3 aromatic rings. The number of carbonyl (C=O) groups excluding carboxylic acids is 2. The monoisotopic (exact) mass is 420 g/mol. The summed E-state index contributed by atoms with van der Waals surface area (Å²) in [5.74, 6) is -0.160. The minimum absolute atomic E-state index is 0.0902. The van der Waals surface area contributed by atoms with Crippen LogP contribution in [0, 0.1) is 19.7 Å². The third-order valence-electron chi connectivity index (χ3n) is 5.05. The molecule has 1 aliphatic rings. The van der Waals surface area contributed by atoms with Crippen LogP contribution in [0.2, 0.25) is 0 Å². The average molecular weight is 421 g/mol. The van der Waals surface area contributed by atoms with Gasteiger partial charge in [0.1, 0.15) is 11.2 Å². The van der Waals surface area contributed by atoms with Crippen LogP contribution < -0.4 is 10.2 Å². The lowest BCUT2D eigenvalue weighted by Gasteiger charge is -2.26. The van der Waals surface area contributed by atoms with Gasteiger partial charge in [-0.05, 0) is 73.0 Å². The molecule has 1 fully saturated rings. The lowest BCUT2D eigenvalue weighted by molar-refractivity contribution is -0.115. The van der Waals surface area contributed by atoms with Gasteiger partial charge < -0.3 is 5.32 Å². The summed E-state index contributed by atoms with van der Waals surface area (Å²) in [4.78, 5) is 26.8. The Morgan fingerprint density at radius 1 is 1.03 bits per heavy atom. The molecule has 0 aromatic heterocycles.